The van der Waals surface area contributed by atoms with Gasteiger partial charge in [0.15, 0.2) is 0 Å². The molecule has 3 aromatic carbocycles. The molecule has 1 N–H and O–H groups in total. The van der Waals surface area contributed by atoms with Gasteiger partial charge in [0.2, 0.25) is 0 Å². The maximum Gasteiger partial charge on any atom is 0.307 e. The standard InChI is InChI=1S/C27H26N2O4/c1-3-33-26-12-8-7-11-21(26)24-17-23(28-29(24)18-19-9-5-4-6-10-19)22-15-20(16-27(30)31)13-14-25(22)32-2/h4-15,17H,3,16,18H2,1-2H3,(H,30,31). The molecule has 0 saturated heterocycles. The molecule has 1 heterocycles. The summed E-state index contributed by atoms with van der Waals surface area (Å²) < 4.78 is 13.4. The maximum atomic E-state index is 11.3. The van der Waals surface area contributed by atoms with Gasteiger partial charge in [0.05, 0.1) is 38.1 Å². The highest BCUT2D eigenvalue weighted by molar-refractivity contribution is 5.77. The van der Waals surface area contributed by atoms with Gasteiger partial charge in [-0.05, 0) is 48.4 Å². The zero-order valence-electron chi connectivity index (χ0n) is 18.7. The number of aromatic nitrogens is 2. The summed E-state index contributed by atoms with van der Waals surface area (Å²) in [5.74, 6) is 0.539. The van der Waals surface area contributed by atoms with Crippen molar-refractivity contribution < 1.29 is 19.4 Å². The fraction of sp³-hybridized carbons (Fsp3) is 0.185. The maximum absolute atomic E-state index is 11.3. The molecule has 0 spiro atoms. The smallest absolute Gasteiger partial charge is 0.307 e. The molecule has 0 amide bonds. The van der Waals surface area contributed by atoms with Crippen molar-refractivity contribution in [1.82, 2.24) is 9.78 Å². The van der Waals surface area contributed by atoms with E-state index in [1.807, 2.05) is 66.2 Å². The Labute approximate surface area is 193 Å². The number of nitrogens with zero attached hydrogens (tertiary/aromatic N) is 2. The SMILES string of the molecule is CCOc1ccccc1-c1cc(-c2cc(CC(=O)O)ccc2OC)nn1Cc1ccccc1. The van der Waals surface area contributed by atoms with E-state index in [0.29, 0.717) is 30.2 Å². The zero-order valence-corrected chi connectivity index (χ0v) is 18.7. The summed E-state index contributed by atoms with van der Waals surface area (Å²) in [7, 11) is 1.60. The van der Waals surface area contributed by atoms with E-state index in [2.05, 4.69) is 12.1 Å². The fourth-order valence-corrected chi connectivity index (χ4v) is 3.84. The van der Waals surface area contributed by atoms with E-state index in [-0.39, 0.29) is 6.42 Å². The lowest BCUT2D eigenvalue weighted by Crippen LogP contribution is -2.05. The highest BCUT2D eigenvalue weighted by Crippen LogP contribution is 2.36. The summed E-state index contributed by atoms with van der Waals surface area (Å²) in [4.78, 5) is 11.3. The number of rotatable bonds is 9. The van der Waals surface area contributed by atoms with Crippen molar-refractivity contribution in [3.63, 3.8) is 0 Å². The van der Waals surface area contributed by atoms with Gasteiger partial charge in [-0.2, -0.15) is 5.10 Å². The summed E-state index contributed by atoms with van der Waals surface area (Å²) in [6.07, 6.45) is -0.0677. The van der Waals surface area contributed by atoms with E-state index in [9.17, 15) is 9.90 Å². The minimum Gasteiger partial charge on any atom is -0.496 e. The Morgan fingerprint density at radius 1 is 0.909 bits per heavy atom. The molecule has 1 aromatic heterocycles. The number of hydrogen-bond acceptors (Lipinski definition) is 4. The first kappa shape index (κ1) is 22.1. The van der Waals surface area contributed by atoms with Crippen molar-refractivity contribution in [3.8, 4) is 34.0 Å². The second-order valence-corrected chi connectivity index (χ2v) is 7.59. The first-order valence-electron chi connectivity index (χ1n) is 10.8. The number of carboxylic acids is 1. The molecule has 6 nitrogen and oxygen atoms in total. The van der Waals surface area contributed by atoms with Crippen LogP contribution in [0.1, 0.15) is 18.1 Å². The highest BCUT2D eigenvalue weighted by atomic mass is 16.5. The van der Waals surface area contributed by atoms with Crippen LogP contribution in [0.4, 0.5) is 0 Å². The third-order valence-corrected chi connectivity index (χ3v) is 5.31. The van der Waals surface area contributed by atoms with E-state index in [4.69, 9.17) is 14.6 Å². The summed E-state index contributed by atoms with van der Waals surface area (Å²) in [6, 6.07) is 25.4. The Bertz CT molecular complexity index is 1250. The molecule has 0 aliphatic rings. The number of hydrogen-bond donors (Lipinski definition) is 1. The van der Waals surface area contributed by atoms with Gasteiger partial charge in [-0.15, -0.1) is 0 Å². The van der Waals surface area contributed by atoms with E-state index in [1.165, 1.54) is 0 Å². The van der Waals surface area contributed by atoms with Crippen molar-refractivity contribution in [2.75, 3.05) is 13.7 Å². The minimum atomic E-state index is -0.882. The zero-order chi connectivity index (χ0) is 23.2. The summed E-state index contributed by atoms with van der Waals surface area (Å²) in [5.41, 5.74) is 5.11. The minimum absolute atomic E-state index is 0.0677. The molecule has 0 radical (unpaired) electrons. The number of aliphatic carboxylic acids is 1. The Morgan fingerprint density at radius 3 is 2.39 bits per heavy atom. The monoisotopic (exact) mass is 442 g/mol. The quantitative estimate of drug-likeness (QED) is 0.381. The molecule has 33 heavy (non-hydrogen) atoms. The predicted octanol–water partition coefficient (Wildman–Crippen LogP) is 5.30. The number of para-hydroxylation sites is 1. The number of ether oxygens (including phenoxy) is 2. The molecular formula is C27H26N2O4. The number of methoxy groups -OCH3 is 1. The van der Waals surface area contributed by atoms with Crippen molar-refractivity contribution in [2.24, 2.45) is 0 Å². The summed E-state index contributed by atoms with van der Waals surface area (Å²) >= 11 is 0. The van der Waals surface area contributed by atoms with Crippen LogP contribution < -0.4 is 9.47 Å². The van der Waals surface area contributed by atoms with Crippen molar-refractivity contribution in [1.29, 1.82) is 0 Å². The molecule has 4 rings (SSSR count). The highest BCUT2D eigenvalue weighted by Gasteiger charge is 2.18. The lowest BCUT2D eigenvalue weighted by atomic mass is 10.0. The molecule has 0 bridgehead atoms. The van der Waals surface area contributed by atoms with Crippen LogP contribution in [0.25, 0.3) is 22.5 Å². The number of benzene rings is 3. The van der Waals surface area contributed by atoms with Crippen LogP contribution in [0.3, 0.4) is 0 Å². The van der Waals surface area contributed by atoms with Crippen LogP contribution in [-0.2, 0) is 17.8 Å². The molecule has 0 unspecified atom stereocenters. The topological polar surface area (TPSA) is 73.6 Å². The molecule has 6 heteroatoms. The van der Waals surface area contributed by atoms with Crippen LogP contribution in [-0.4, -0.2) is 34.6 Å². The Hall–Kier alpha value is -4.06. The van der Waals surface area contributed by atoms with Gasteiger partial charge < -0.3 is 14.6 Å². The van der Waals surface area contributed by atoms with E-state index in [1.54, 1.807) is 19.2 Å². The van der Waals surface area contributed by atoms with Crippen molar-refractivity contribution in [2.45, 2.75) is 19.9 Å². The molecule has 0 aliphatic heterocycles. The number of carboxylic acid groups (broad SMARTS) is 1. The Kier molecular flexibility index (Phi) is 6.74. The lowest BCUT2D eigenvalue weighted by molar-refractivity contribution is -0.136. The third kappa shape index (κ3) is 5.06. The van der Waals surface area contributed by atoms with Crippen LogP contribution >= 0.6 is 0 Å². The fourth-order valence-electron chi connectivity index (χ4n) is 3.84. The number of carbonyl (C=O) groups is 1. The molecule has 0 saturated carbocycles. The molecule has 0 aliphatic carbocycles. The molecule has 0 atom stereocenters. The van der Waals surface area contributed by atoms with Gasteiger partial charge in [-0.1, -0.05) is 48.5 Å². The second-order valence-electron chi connectivity index (χ2n) is 7.59. The average molecular weight is 443 g/mol. The second kappa shape index (κ2) is 10.0. The predicted molar refractivity (Wildman–Crippen MR) is 128 cm³/mol. The van der Waals surface area contributed by atoms with Gasteiger partial charge in [-0.25, -0.2) is 0 Å². The van der Waals surface area contributed by atoms with Gasteiger partial charge in [-0.3, -0.25) is 9.48 Å². The lowest BCUT2D eigenvalue weighted by Gasteiger charge is -2.12. The first-order chi connectivity index (χ1) is 16.1. The van der Waals surface area contributed by atoms with Crippen LogP contribution in [0, 0.1) is 0 Å². The summed E-state index contributed by atoms with van der Waals surface area (Å²) in [6.45, 7) is 3.10. The van der Waals surface area contributed by atoms with Gasteiger partial charge in [0.1, 0.15) is 11.5 Å². The van der Waals surface area contributed by atoms with Crippen molar-refractivity contribution >= 4 is 5.97 Å². The van der Waals surface area contributed by atoms with Crippen LogP contribution in [0.15, 0.2) is 78.9 Å². The molecule has 0 fully saturated rings. The molecule has 168 valence electrons. The van der Waals surface area contributed by atoms with Gasteiger partial charge in [0, 0.05) is 11.1 Å². The Morgan fingerprint density at radius 2 is 1.67 bits per heavy atom. The van der Waals surface area contributed by atoms with Gasteiger partial charge in [0.25, 0.3) is 0 Å². The molecular weight excluding hydrogens is 416 g/mol. The Balaban J connectivity index is 1.86. The van der Waals surface area contributed by atoms with E-state index >= 15 is 0 Å². The first-order valence-corrected chi connectivity index (χ1v) is 10.8. The average Bonchev–Trinajstić information content (AvgIpc) is 3.23. The third-order valence-electron chi connectivity index (χ3n) is 5.31. The van der Waals surface area contributed by atoms with Crippen molar-refractivity contribution in [3.05, 3.63) is 90.0 Å². The largest absolute Gasteiger partial charge is 0.496 e. The van der Waals surface area contributed by atoms with Crippen LogP contribution in [0.5, 0.6) is 11.5 Å². The van der Waals surface area contributed by atoms with Gasteiger partial charge >= 0.3 is 5.97 Å². The van der Waals surface area contributed by atoms with Crippen LogP contribution in [0.2, 0.25) is 0 Å². The van der Waals surface area contributed by atoms with E-state index < -0.39 is 5.97 Å². The molecule has 4 aromatic rings. The normalized spacial score (nSPS) is 10.7. The summed E-state index contributed by atoms with van der Waals surface area (Å²) in [5, 5.41) is 14.1. The van der Waals surface area contributed by atoms with E-state index in [0.717, 1.165) is 28.1 Å².